The van der Waals surface area contributed by atoms with Gasteiger partial charge in [0, 0.05) is 0 Å². The number of rotatable bonds is 3. The highest BCUT2D eigenvalue weighted by Crippen LogP contribution is 2.24. The number of carbonyl (C=O) groups is 2. The fourth-order valence-corrected chi connectivity index (χ4v) is 2.15. The molecule has 1 aliphatic heterocycles. The van der Waals surface area contributed by atoms with Gasteiger partial charge in [-0.2, -0.15) is 10.1 Å². The van der Waals surface area contributed by atoms with Crippen LogP contribution in [0, 0.1) is 12.7 Å². The summed E-state index contributed by atoms with van der Waals surface area (Å²) in [5.74, 6) is -1.04. The van der Waals surface area contributed by atoms with Gasteiger partial charge >= 0.3 is 0 Å². The molecule has 1 unspecified atom stereocenters. The Labute approximate surface area is 119 Å². The van der Waals surface area contributed by atoms with E-state index >= 15 is 0 Å². The molecule has 2 heterocycles. The van der Waals surface area contributed by atoms with Gasteiger partial charge in [-0.25, -0.2) is 9.07 Å². The third-order valence-corrected chi connectivity index (χ3v) is 3.18. The van der Waals surface area contributed by atoms with Gasteiger partial charge in [0.15, 0.2) is 0 Å². The van der Waals surface area contributed by atoms with Crippen molar-refractivity contribution in [2.45, 2.75) is 19.4 Å². The Morgan fingerprint density at radius 2 is 2.33 bits per heavy atom. The summed E-state index contributed by atoms with van der Waals surface area (Å²) in [5, 5.41) is 8.85. The number of nitrogens with zero attached hydrogens (tertiary/aromatic N) is 3. The van der Waals surface area contributed by atoms with Crippen LogP contribution in [0.15, 0.2) is 24.5 Å². The molecular weight excluding hydrogens is 277 g/mol. The van der Waals surface area contributed by atoms with Crippen molar-refractivity contribution in [3.63, 3.8) is 0 Å². The molecule has 0 bridgehead atoms. The fraction of sp³-hybridized carbons (Fsp3) is 0.231. The Morgan fingerprint density at radius 3 is 3.10 bits per heavy atom. The number of carbonyl (C=O) groups excluding carboxylic acids is 2. The maximum absolute atomic E-state index is 13.7. The van der Waals surface area contributed by atoms with E-state index in [2.05, 4.69) is 20.7 Å². The molecule has 1 atom stereocenters. The van der Waals surface area contributed by atoms with E-state index in [0.717, 1.165) is 5.56 Å². The van der Waals surface area contributed by atoms with Crippen LogP contribution in [0.3, 0.4) is 0 Å². The molecule has 3 rings (SSSR count). The van der Waals surface area contributed by atoms with Crippen LogP contribution in [0.1, 0.15) is 18.0 Å². The first-order valence-electron chi connectivity index (χ1n) is 6.31. The summed E-state index contributed by atoms with van der Waals surface area (Å²) in [4.78, 5) is 27.5. The summed E-state index contributed by atoms with van der Waals surface area (Å²) < 4.78 is 15.0. The maximum Gasteiger partial charge on any atom is 0.252 e. The number of aromatic nitrogens is 3. The average Bonchev–Trinajstić information content (AvgIpc) is 2.96. The number of halogens is 1. The Balaban J connectivity index is 1.71. The third-order valence-electron chi connectivity index (χ3n) is 3.18. The minimum absolute atomic E-state index is 0.0859. The van der Waals surface area contributed by atoms with E-state index in [1.54, 1.807) is 13.0 Å². The third kappa shape index (κ3) is 2.47. The lowest BCUT2D eigenvalue weighted by Gasteiger charge is -2.10. The number of nitrogens with one attached hydrogen (secondary N) is 2. The molecule has 0 radical (unpaired) electrons. The molecule has 7 nitrogen and oxygen atoms in total. The molecular formula is C13H12FN5O2. The Morgan fingerprint density at radius 1 is 1.52 bits per heavy atom. The lowest BCUT2D eigenvalue weighted by Crippen LogP contribution is -2.23. The van der Waals surface area contributed by atoms with Gasteiger partial charge < -0.3 is 5.32 Å². The van der Waals surface area contributed by atoms with E-state index < -0.39 is 17.8 Å². The van der Waals surface area contributed by atoms with Gasteiger partial charge in [-0.05, 0) is 24.6 Å². The zero-order chi connectivity index (χ0) is 15.0. The van der Waals surface area contributed by atoms with Crippen LogP contribution in [-0.2, 0) is 9.59 Å². The minimum atomic E-state index is -0.768. The molecule has 2 N–H and O–H groups in total. The molecule has 0 saturated heterocycles. The lowest BCUT2D eigenvalue weighted by molar-refractivity contribution is -0.123. The quantitative estimate of drug-likeness (QED) is 0.890. The fourth-order valence-electron chi connectivity index (χ4n) is 2.15. The molecule has 1 aromatic carbocycles. The highest BCUT2D eigenvalue weighted by molar-refractivity contribution is 6.00. The van der Waals surface area contributed by atoms with Crippen molar-refractivity contribution >= 4 is 23.5 Å². The van der Waals surface area contributed by atoms with Gasteiger partial charge in [0.2, 0.25) is 11.9 Å². The maximum atomic E-state index is 13.7. The van der Waals surface area contributed by atoms with Crippen molar-refractivity contribution < 1.29 is 14.0 Å². The summed E-state index contributed by atoms with van der Waals surface area (Å²) in [6.07, 6.45) is 1.15. The zero-order valence-electron chi connectivity index (χ0n) is 11.1. The van der Waals surface area contributed by atoms with Crippen LogP contribution in [0.25, 0.3) is 0 Å². The van der Waals surface area contributed by atoms with Crippen molar-refractivity contribution in [2.24, 2.45) is 0 Å². The van der Waals surface area contributed by atoms with Gasteiger partial charge in [0.25, 0.3) is 5.91 Å². The smallest absolute Gasteiger partial charge is 0.252 e. The number of amides is 2. The molecule has 0 spiro atoms. The second kappa shape index (κ2) is 4.97. The van der Waals surface area contributed by atoms with Gasteiger partial charge in [-0.15, -0.1) is 0 Å². The topological polar surface area (TPSA) is 88.9 Å². The summed E-state index contributed by atoms with van der Waals surface area (Å²) >= 11 is 0. The second-order valence-corrected chi connectivity index (χ2v) is 4.77. The number of hydrogen-bond donors (Lipinski definition) is 2. The van der Waals surface area contributed by atoms with E-state index in [1.807, 2.05) is 0 Å². The lowest BCUT2D eigenvalue weighted by atomic mass is 10.2. The normalized spacial score (nSPS) is 16.5. The summed E-state index contributed by atoms with van der Waals surface area (Å²) in [6, 6.07) is 3.73. The first kappa shape index (κ1) is 13.2. The SMILES string of the molecule is Cc1ccc(NC(=O)CC2C(=O)Nc3ncnn32)c(F)c1. The van der Waals surface area contributed by atoms with E-state index in [0.29, 0.717) is 5.95 Å². The van der Waals surface area contributed by atoms with Crippen molar-refractivity contribution in [1.82, 2.24) is 14.8 Å². The van der Waals surface area contributed by atoms with E-state index in [9.17, 15) is 14.0 Å². The van der Waals surface area contributed by atoms with Crippen molar-refractivity contribution in [3.05, 3.63) is 35.9 Å². The van der Waals surface area contributed by atoms with Crippen LogP contribution in [0.2, 0.25) is 0 Å². The zero-order valence-corrected chi connectivity index (χ0v) is 11.1. The standard InChI is InChI=1S/C13H12FN5O2/c1-7-2-3-9(8(14)4-7)17-11(20)5-10-12(21)18-13-15-6-16-19(10)13/h2-4,6,10H,5H2,1H3,(H,17,20)(H,15,16,18,21). The molecule has 2 amide bonds. The summed E-state index contributed by atoms with van der Waals surface area (Å²) in [6.45, 7) is 1.75. The summed E-state index contributed by atoms with van der Waals surface area (Å²) in [5.41, 5.74) is 0.843. The predicted molar refractivity (Wildman–Crippen MR) is 72.1 cm³/mol. The highest BCUT2D eigenvalue weighted by atomic mass is 19.1. The van der Waals surface area contributed by atoms with Crippen LogP contribution in [-0.4, -0.2) is 26.6 Å². The van der Waals surface area contributed by atoms with Crippen LogP contribution >= 0.6 is 0 Å². The largest absolute Gasteiger partial charge is 0.324 e. The minimum Gasteiger partial charge on any atom is -0.324 e. The van der Waals surface area contributed by atoms with Gasteiger partial charge in [-0.1, -0.05) is 6.07 Å². The van der Waals surface area contributed by atoms with Crippen LogP contribution in [0.5, 0.6) is 0 Å². The summed E-state index contributed by atoms with van der Waals surface area (Å²) in [7, 11) is 0. The second-order valence-electron chi connectivity index (χ2n) is 4.77. The van der Waals surface area contributed by atoms with Gasteiger partial charge in [0.05, 0.1) is 12.1 Å². The first-order chi connectivity index (χ1) is 10.0. The molecule has 1 aliphatic rings. The molecule has 8 heteroatoms. The molecule has 0 fully saturated rings. The number of benzene rings is 1. The first-order valence-corrected chi connectivity index (χ1v) is 6.31. The van der Waals surface area contributed by atoms with Gasteiger partial charge in [-0.3, -0.25) is 14.9 Å². The van der Waals surface area contributed by atoms with Crippen LogP contribution < -0.4 is 10.6 Å². The molecule has 0 saturated carbocycles. The van der Waals surface area contributed by atoms with Crippen molar-refractivity contribution in [1.29, 1.82) is 0 Å². The number of aryl methyl sites for hydroxylation is 1. The van der Waals surface area contributed by atoms with E-state index in [4.69, 9.17) is 0 Å². The highest BCUT2D eigenvalue weighted by Gasteiger charge is 2.33. The number of anilines is 2. The van der Waals surface area contributed by atoms with E-state index in [1.165, 1.54) is 23.1 Å². The average molecular weight is 289 g/mol. The van der Waals surface area contributed by atoms with Gasteiger partial charge in [0.1, 0.15) is 18.2 Å². The molecule has 1 aromatic heterocycles. The number of hydrogen-bond acceptors (Lipinski definition) is 4. The van der Waals surface area contributed by atoms with Crippen LogP contribution in [0.4, 0.5) is 16.0 Å². The molecule has 2 aromatic rings. The van der Waals surface area contributed by atoms with Crippen molar-refractivity contribution in [2.75, 3.05) is 10.6 Å². The predicted octanol–water partition coefficient (Wildman–Crippen LogP) is 1.25. The Kier molecular flexibility index (Phi) is 3.13. The van der Waals surface area contributed by atoms with Crippen molar-refractivity contribution in [3.8, 4) is 0 Å². The Bertz CT molecular complexity index is 727. The molecule has 0 aliphatic carbocycles. The molecule has 21 heavy (non-hydrogen) atoms. The van der Waals surface area contributed by atoms with E-state index in [-0.39, 0.29) is 18.0 Å². The molecule has 108 valence electrons. The Hall–Kier alpha value is -2.77. The monoisotopic (exact) mass is 289 g/mol. The number of fused-ring (bicyclic) bond motifs is 1.